The fraction of sp³-hybridized carbons (Fsp3) is 0.0870. The average Bonchev–Trinajstić information content (AvgIpc) is 2.99. The highest BCUT2D eigenvalue weighted by molar-refractivity contribution is 6.46. The number of carbonyl (C=O) groups is 2. The number of rotatable bonds is 4. The van der Waals surface area contributed by atoms with Crippen molar-refractivity contribution in [3.63, 3.8) is 0 Å². The molecule has 1 amide bonds. The molecule has 0 saturated carbocycles. The molecule has 6 nitrogen and oxygen atoms in total. The summed E-state index contributed by atoms with van der Waals surface area (Å²) in [6.07, 6.45) is 3.25. The van der Waals surface area contributed by atoms with Crippen molar-refractivity contribution in [2.75, 3.05) is 0 Å². The minimum absolute atomic E-state index is 0.00399. The van der Waals surface area contributed by atoms with E-state index in [9.17, 15) is 19.8 Å². The molecule has 4 rings (SSSR count). The summed E-state index contributed by atoms with van der Waals surface area (Å²) in [7, 11) is 0. The van der Waals surface area contributed by atoms with Crippen LogP contribution in [0.25, 0.3) is 5.76 Å². The number of hydrogen-bond donors (Lipinski definition) is 2. The summed E-state index contributed by atoms with van der Waals surface area (Å²) in [6, 6.07) is 17.7. The molecule has 1 aliphatic heterocycles. The molecule has 1 aromatic heterocycles. The van der Waals surface area contributed by atoms with E-state index in [4.69, 9.17) is 0 Å². The molecule has 3 aromatic rings. The number of pyridine rings is 1. The summed E-state index contributed by atoms with van der Waals surface area (Å²) in [5.41, 5.74) is 1.72. The van der Waals surface area contributed by atoms with E-state index >= 15 is 0 Å². The molecule has 6 heteroatoms. The first-order valence-electron chi connectivity index (χ1n) is 9.08. The van der Waals surface area contributed by atoms with Crippen LogP contribution in [0.5, 0.6) is 5.75 Å². The Kier molecular flexibility index (Phi) is 4.83. The third-order valence-electron chi connectivity index (χ3n) is 4.85. The van der Waals surface area contributed by atoms with Gasteiger partial charge in [-0.3, -0.25) is 14.6 Å². The number of amides is 1. The first-order chi connectivity index (χ1) is 14.1. The van der Waals surface area contributed by atoms with E-state index in [2.05, 4.69) is 4.98 Å². The molecule has 0 aliphatic carbocycles. The highest BCUT2D eigenvalue weighted by Crippen LogP contribution is 2.40. The van der Waals surface area contributed by atoms with Crippen molar-refractivity contribution in [3.05, 3.63) is 101 Å². The fourth-order valence-electron chi connectivity index (χ4n) is 3.52. The number of ketones is 1. The molecular formula is C23H18N2O4. The number of Topliss-reactive ketones (excluding diaryl/α,β-unsaturated/α-hetero) is 1. The van der Waals surface area contributed by atoms with E-state index in [0.717, 1.165) is 5.56 Å². The minimum Gasteiger partial charge on any atom is -0.508 e. The van der Waals surface area contributed by atoms with Gasteiger partial charge in [0.2, 0.25) is 0 Å². The number of aliphatic hydroxyl groups is 1. The Morgan fingerprint density at radius 3 is 2.48 bits per heavy atom. The number of benzene rings is 2. The van der Waals surface area contributed by atoms with Crippen molar-refractivity contribution in [1.29, 1.82) is 0 Å². The van der Waals surface area contributed by atoms with Crippen LogP contribution in [0.4, 0.5) is 0 Å². The van der Waals surface area contributed by atoms with Gasteiger partial charge in [0.05, 0.1) is 11.6 Å². The molecule has 2 heterocycles. The Morgan fingerprint density at radius 1 is 1.00 bits per heavy atom. The van der Waals surface area contributed by atoms with Crippen LogP contribution >= 0.6 is 0 Å². The third-order valence-corrected chi connectivity index (χ3v) is 4.85. The predicted octanol–water partition coefficient (Wildman–Crippen LogP) is 3.41. The topological polar surface area (TPSA) is 90.7 Å². The van der Waals surface area contributed by atoms with E-state index in [1.54, 1.807) is 60.9 Å². The number of likely N-dealkylation sites (tertiary alicyclic amines) is 1. The smallest absolute Gasteiger partial charge is 0.295 e. The van der Waals surface area contributed by atoms with Crippen LogP contribution in [0.2, 0.25) is 0 Å². The molecular weight excluding hydrogens is 368 g/mol. The average molecular weight is 386 g/mol. The van der Waals surface area contributed by atoms with Gasteiger partial charge < -0.3 is 15.1 Å². The van der Waals surface area contributed by atoms with Gasteiger partial charge in [0, 0.05) is 24.5 Å². The van der Waals surface area contributed by atoms with Crippen LogP contribution in [-0.2, 0) is 16.1 Å². The van der Waals surface area contributed by atoms with Crippen LogP contribution in [0, 0.1) is 0 Å². The van der Waals surface area contributed by atoms with Gasteiger partial charge in [-0.1, -0.05) is 48.5 Å². The Hall–Kier alpha value is -3.93. The van der Waals surface area contributed by atoms with E-state index in [1.165, 1.54) is 17.0 Å². The number of hydrogen-bond acceptors (Lipinski definition) is 5. The van der Waals surface area contributed by atoms with Gasteiger partial charge in [-0.2, -0.15) is 0 Å². The maximum Gasteiger partial charge on any atom is 0.295 e. The van der Waals surface area contributed by atoms with Gasteiger partial charge in [0.15, 0.2) is 0 Å². The molecule has 0 spiro atoms. The van der Waals surface area contributed by atoms with Gasteiger partial charge in [0.1, 0.15) is 11.5 Å². The van der Waals surface area contributed by atoms with E-state index < -0.39 is 17.7 Å². The Bertz CT molecular complexity index is 1090. The number of phenols is 1. The normalized spacial score (nSPS) is 18.2. The quantitative estimate of drug-likeness (QED) is 0.407. The summed E-state index contributed by atoms with van der Waals surface area (Å²) < 4.78 is 0. The lowest BCUT2D eigenvalue weighted by molar-refractivity contribution is -0.140. The van der Waals surface area contributed by atoms with Crippen molar-refractivity contribution in [2.45, 2.75) is 12.6 Å². The van der Waals surface area contributed by atoms with Crippen molar-refractivity contribution in [1.82, 2.24) is 9.88 Å². The Balaban J connectivity index is 1.87. The van der Waals surface area contributed by atoms with Crippen LogP contribution in [0.1, 0.15) is 22.7 Å². The van der Waals surface area contributed by atoms with Gasteiger partial charge in [-0.05, 0) is 29.3 Å². The molecule has 1 atom stereocenters. The van der Waals surface area contributed by atoms with Gasteiger partial charge in [0.25, 0.3) is 11.7 Å². The molecule has 144 valence electrons. The predicted molar refractivity (Wildman–Crippen MR) is 107 cm³/mol. The summed E-state index contributed by atoms with van der Waals surface area (Å²) in [6.45, 7) is 0.143. The molecule has 2 aromatic carbocycles. The molecule has 1 unspecified atom stereocenters. The van der Waals surface area contributed by atoms with E-state index in [-0.39, 0.29) is 23.6 Å². The van der Waals surface area contributed by atoms with Crippen LogP contribution in [-0.4, -0.2) is 31.8 Å². The number of carbonyl (C=O) groups excluding carboxylic acids is 2. The number of aromatic hydroxyl groups is 1. The molecule has 0 bridgehead atoms. The second-order valence-electron chi connectivity index (χ2n) is 6.75. The summed E-state index contributed by atoms with van der Waals surface area (Å²) in [5.74, 6) is -1.71. The van der Waals surface area contributed by atoms with Gasteiger partial charge >= 0.3 is 0 Å². The van der Waals surface area contributed by atoms with Gasteiger partial charge in [-0.15, -0.1) is 0 Å². The van der Waals surface area contributed by atoms with Crippen molar-refractivity contribution in [3.8, 4) is 5.75 Å². The summed E-state index contributed by atoms with van der Waals surface area (Å²) in [5, 5.41) is 20.8. The summed E-state index contributed by atoms with van der Waals surface area (Å²) >= 11 is 0. The fourth-order valence-corrected chi connectivity index (χ4v) is 3.52. The molecule has 0 radical (unpaired) electrons. The molecule has 1 fully saturated rings. The standard InChI is InChI=1S/C23H18N2O4/c26-18-10-4-9-17(12-18)20-19(21(27)16-7-2-1-3-8-16)22(28)23(29)25(20)14-15-6-5-11-24-13-15/h1-13,20,26-27H,14H2/b21-19-. The molecule has 1 saturated heterocycles. The monoisotopic (exact) mass is 386 g/mol. The van der Waals surface area contributed by atoms with Crippen LogP contribution in [0.15, 0.2) is 84.7 Å². The Labute approximate surface area is 167 Å². The minimum atomic E-state index is -0.831. The molecule has 2 N–H and O–H groups in total. The SMILES string of the molecule is O=C1C(=O)N(Cc2cccnc2)C(c2cccc(O)c2)/C1=C(/O)c1ccccc1. The maximum atomic E-state index is 12.9. The molecule has 29 heavy (non-hydrogen) atoms. The Morgan fingerprint density at radius 2 is 1.79 bits per heavy atom. The lowest BCUT2D eigenvalue weighted by Crippen LogP contribution is -2.29. The first kappa shape index (κ1) is 18.4. The number of aliphatic hydroxyl groups excluding tert-OH is 1. The van der Waals surface area contributed by atoms with Crippen molar-refractivity contribution < 1.29 is 19.8 Å². The second kappa shape index (κ2) is 7.59. The van der Waals surface area contributed by atoms with Crippen LogP contribution < -0.4 is 0 Å². The number of aromatic nitrogens is 1. The van der Waals surface area contributed by atoms with Gasteiger partial charge in [-0.25, -0.2) is 0 Å². The highest BCUT2D eigenvalue weighted by Gasteiger charge is 2.46. The maximum absolute atomic E-state index is 12.9. The van der Waals surface area contributed by atoms with Crippen molar-refractivity contribution in [2.24, 2.45) is 0 Å². The third kappa shape index (κ3) is 3.48. The second-order valence-corrected chi connectivity index (χ2v) is 6.75. The first-order valence-corrected chi connectivity index (χ1v) is 9.08. The van der Waals surface area contributed by atoms with Crippen molar-refractivity contribution >= 4 is 17.4 Å². The van der Waals surface area contributed by atoms with Crippen LogP contribution in [0.3, 0.4) is 0 Å². The van der Waals surface area contributed by atoms with E-state index in [1.807, 2.05) is 6.07 Å². The lowest BCUT2D eigenvalue weighted by Gasteiger charge is -2.25. The zero-order valence-electron chi connectivity index (χ0n) is 15.4. The zero-order chi connectivity index (χ0) is 20.4. The number of phenolic OH excluding ortho intramolecular Hbond substituents is 1. The number of nitrogens with zero attached hydrogens (tertiary/aromatic N) is 2. The van der Waals surface area contributed by atoms with E-state index in [0.29, 0.717) is 11.1 Å². The highest BCUT2D eigenvalue weighted by atomic mass is 16.3. The molecule has 1 aliphatic rings. The largest absolute Gasteiger partial charge is 0.508 e. The lowest BCUT2D eigenvalue weighted by atomic mass is 9.95. The zero-order valence-corrected chi connectivity index (χ0v) is 15.4. The summed E-state index contributed by atoms with van der Waals surface area (Å²) in [4.78, 5) is 31.2.